The van der Waals surface area contributed by atoms with Gasteiger partial charge in [-0.05, 0) is 52.9 Å². The van der Waals surface area contributed by atoms with Crippen LogP contribution in [0.1, 0.15) is 47.1 Å². The Labute approximate surface area is 197 Å². The molecule has 0 radical (unpaired) electrons. The number of ether oxygens (including phenoxy) is 2. The molecule has 1 heterocycles. The van der Waals surface area contributed by atoms with Crippen LogP contribution in [0.4, 0.5) is 5.69 Å². The number of benzene rings is 3. The van der Waals surface area contributed by atoms with E-state index in [0.717, 1.165) is 5.56 Å². The third-order valence-corrected chi connectivity index (χ3v) is 5.76. The second kappa shape index (κ2) is 8.79. The van der Waals surface area contributed by atoms with E-state index in [9.17, 15) is 14.7 Å². The lowest BCUT2D eigenvalue weighted by atomic mass is 9.86. The first kappa shape index (κ1) is 22.7. The van der Waals surface area contributed by atoms with Crippen LogP contribution in [0.2, 0.25) is 5.02 Å². The molecular weight excluding hydrogens is 442 g/mol. The largest absolute Gasteiger partial charge is 0.486 e. The maximum atomic E-state index is 12.8. The van der Waals surface area contributed by atoms with E-state index in [0.29, 0.717) is 46.4 Å². The topological polar surface area (TPSA) is 84.9 Å². The van der Waals surface area contributed by atoms with Gasteiger partial charge in [-0.15, -0.1) is 0 Å². The molecule has 1 aliphatic rings. The highest BCUT2D eigenvalue weighted by Crippen LogP contribution is 2.39. The number of amides is 1. The van der Waals surface area contributed by atoms with E-state index in [1.807, 2.05) is 12.1 Å². The molecule has 0 bridgehead atoms. The van der Waals surface area contributed by atoms with E-state index in [1.165, 1.54) is 12.1 Å². The summed E-state index contributed by atoms with van der Waals surface area (Å²) in [7, 11) is 0. The van der Waals surface area contributed by atoms with Crippen molar-refractivity contribution in [1.82, 2.24) is 0 Å². The number of anilines is 1. The Morgan fingerprint density at radius 1 is 0.939 bits per heavy atom. The van der Waals surface area contributed by atoms with Gasteiger partial charge in [-0.25, -0.2) is 4.79 Å². The standard InChI is InChI=1S/C26H24ClNO5/c1-26(2,3)17-7-4-15(5-8-17)24(29)28-21-14-20(27)18(13-19(21)25(30)31)16-6-9-22-23(12-16)33-11-10-32-22/h4-9,12-14H,10-11H2,1-3H3,(H,28,29)(H,30,31). The smallest absolute Gasteiger partial charge is 0.337 e. The minimum absolute atomic E-state index is 0.0390. The summed E-state index contributed by atoms with van der Waals surface area (Å²) in [6, 6.07) is 15.5. The Hall–Kier alpha value is -3.51. The Kier molecular flexibility index (Phi) is 6.04. The summed E-state index contributed by atoms with van der Waals surface area (Å²) in [6.45, 7) is 7.18. The van der Waals surface area contributed by atoms with Crippen molar-refractivity contribution < 1.29 is 24.2 Å². The lowest BCUT2D eigenvalue weighted by molar-refractivity contribution is 0.0698. The summed E-state index contributed by atoms with van der Waals surface area (Å²) < 4.78 is 11.2. The summed E-state index contributed by atoms with van der Waals surface area (Å²) in [4.78, 5) is 24.8. The summed E-state index contributed by atoms with van der Waals surface area (Å²) in [5, 5.41) is 12.8. The number of fused-ring (bicyclic) bond motifs is 1. The Bertz CT molecular complexity index is 1230. The molecule has 170 valence electrons. The molecule has 1 aliphatic heterocycles. The molecule has 0 atom stereocenters. The van der Waals surface area contributed by atoms with Crippen molar-refractivity contribution in [3.8, 4) is 22.6 Å². The normalized spacial score (nSPS) is 12.8. The number of nitrogens with one attached hydrogen (secondary N) is 1. The Morgan fingerprint density at radius 2 is 1.61 bits per heavy atom. The van der Waals surface area contributed by atoms with Gasteiger partial charge in [0, 0.05) is 11.1 Å². The molecule has 7 heteroatoms. The molecule has 0 aromatic heterocycles. The first-order valence-corrected chi connectivity index (χ1v) is 10.9. The average Bonchev–Trinajstić information content (AvgIpc) is 2.78. The molecule has 0 spiro atoms. The van der Waals surface area contributed by atoms with Crippen LogP contribution in [0.5, 0.6) is 11.5 Å². The van der Waals surface area contributed by atoms with Gasteiger partial charge in [0.25, 0.3) is 5.91 Å². The van der Waals surface area contributed by atoms with Gasteiger partial charge in [0.15, 0.2) is 11.5 Å². The average molecular weight is 466 g/mol. The summed E-state index contributed by atoms with van der Waals surface area (Å²) in [5.74, 6) is -0.395. The van der Waals surface area contributed by atoms with Crippen molar-refractivity contribution in [3.05, 3.63) is 76.3 Å². The van der Waals surface area contributed by atoms with E-state index in [2.05, 4.69) is 26.1 Å². The van der Waals surface area contributed by atoms with Gasteiger partial charge in [0.1, 0.15) is 13.2 Å². The van der Waals surface area contributed by atoms with E-state index in [4.69, 9.17) is 21.1 Å². The summed E-state index contributed by atoms with van der Waals surface area (Å²) >= 11 is 6.51. The molecular formula is C26H24ClNO5. The van der Waals surface area contributed by atoms with E-state index >= 15 is 0 Å². The van der Waals surface area contributed by atoms with Gasteiger partial charge in [-0.1, -0.05) is 50.6 Å². The van der Waals surface area contributed by atoms with Crippen molar-refractivity contribution in [2.24, 2.45) is 0 Å². The second-order valence-corrected chi connectivity index (χ2v) is 9.23. The number of carboxylic acid groups (broad SMARTS) is 1. The maximum absolute atomic E-state index is 12.8. The fourth-order valence-corrected chi connectivity index (χ4v) is 3.87. The third kappa shape index (κ3) is 4.81. The fraction of sp³-hybridized carbons (Fsp3) is 0.231. The second-order valence-electron chi connectivity index (χ2n) is 8.82. The van der Waals surface area contributed by atoms with Gasteiger partial charge in [0.2, 0.25) is 0 Å². The third-order valence-electron chi connectivity index (χ3n) is 5.45. The summed E-state index contributed by atoms with van der Waals surface area (Å²) in [6.07, 6.45) is 0. The molecule has 0 fully saturated rings. The van der Waals surface area contributed by atoms with Crippen LogP contribution in [-0.2, 0) is 5.41 Å². The van der Waals surface area contributed by atoms with Crippen molar-refractivity contribution in [3.63, 3.8) is 0 Å². The minimum Gasteiger partial charge on any atom is -0.486 e. The molecule has 3 aromatic carbocycles. The van der Waals surface area contributed by atoms with E-state index in [1.54, 1.807) is 30.3 Å². The zero-order valence-corrected chi connectivity index (χ0v) is 19.3. The Morgan fingerprint density at radius 3 is 2.24 bits per heavy atom. The van der Waals surface area contributed by atoms with Gasteiger partial charge in [-0.3, -0.25) is 4.79 Å². The van der Waals surface area contributed by atoms with Crippen molar-refractivity contribution in [1.29, 1.82) is 0 Å². The molecule has 0 saturated heterocycles. The van der Waals surface area contributed by atoms with Crippen LogP contribution >= 0.6 is 11.6 Å². The highest BCUT2D eigenvalue weighted by molar-refractivity contribution is 6.34. The number of carboxylic acids is 1. The molecule has 0 unspecified atom stereocenters. The number of hydrogen-bond acceptors (Lipinski definition) is 4. The lowest BCUT2D eigenvalue weighted by Gasteiger charge is -2.20. The van der Waals surface area contributed by atoms with Crippen molar-refractivity contribution in [2.75, 3.05) is 18.5 Å². The minimum atomic E-state index is -1.18. The van der Waals surface area contributed by atoms with Crippen molar-refractivity contribution >= 4 is 29.2 Å². The zero-order chi connectivity index (χ0) is 23.8. The number of carbonyl (C=O) groups is 2. The monoisotopic (exact) mass is 465 g/mol. The number of hydrogen-bond donors (Lipinski definition) is 2. The van der Waals surface area contributed by atoms with Crippen LogP contribution in [0.15, 0.2) is 54.6 Å². The van der Waals surface area contributed by atoms with Crippen LogP contribution < -0.4 is 14.8 Å². The molecule has 33 heavy (non-hydrogen) atoms. The first-order valence-electron chi connectivity index (χ1n) is 10.5. The number of aromatic carboxylic acids is 1. The van der Waals surface area contributed by atoms with E-state index < -0.39 is 11.9 Å². The fourth-order valence-electron chi connectivity index (χ4n) is 3.60. The zero-order valence-electron chi connectivity index (χ0n) is 18.6. The number of rotatable bonds is 4. The first-order chi connectivity index (χ1) is 15.6. The van der Waals surface area contributed by atoms with Gasteiger partial charge < -0.3 is 19.9 Å². The number of carbonyl (C=O) groups excluding carboxylic acids is 1. The van der Waals surface area contributed by atoms with Crippen LogP contribution in [-0.4, -0.2) is 30.2 Å². The molecule has 2 N–H and O–H groups in total. The van der Waals surface area contributed by atoms with Crippen LogP contribution in [0.25, 0.3) is 11.1 Å². The molecule has 3 aromatic rings. The molecule has 1 amide bonds. The summed E-state index contributed by atoms with van der Waals surface area (Å²) in [5.41, 5.74) is 2.73. The van der Waals surface area contributed by atoms with Crippen molar-refractivity contribution in [2.45, 2.75) is 26.2 Å². The number of halogens is 1. The van der Waals surface area contributed by atoms with Gasteiger partial charge in [-0.2, -0.15) is 0 Å². The SMILES string of the molecule is CC(C)(C)c1ccc(C(=O)Nc2cc(Cl)c(-c3ccc4c(c3)OCCO4)cc2C(=O)O)cc1. The molecule has 0 saturated carbocycles. The maximum Gasteiger partial charge on any atom is 0.337 e. The quantitative estimate of drug-likeness (QED) is 0.491. The lowest BCUT2D eigenvalue weighted by Crippen LogP contribution is -2.16. The van der Waals surface area contributed by atoms with Gasteiger partial charge in [0.05, 0.1) is 16.3 Å². The van der Waals surface area contributed by atoms with Crippen LogP contribution in [0.3, 0.4) is 0 Å². The van der Waals surface area contributed by atoms with Crippen LogP contribution in [0, 0.1) is 0 Å². The highest BCUT2D eigenvalue weighted by Gasteiger charge is 2.20. The van der Waals surface area contributed by atoms with Gasteiger partial charge >= 0.3 is 5.97 Å². The highest BCUT2D eigenvalue weighted by atomic mass is 35.5. The molecule has 0 aliphatic carbocycles. The molecule has 6 nitrogen and oxygen atoms in total. The Balaban J connectivity index is 1.65. The molecule has 4 rings (SSSR count). The predicted octanol–water partition coefficient (Wildman–Crippen LogP) is 6.03. The van der Waals surface area contributed by atoms with E-state index in [-0.39, 0.29) is 16.7 Å². The predicted molar refractivity (Wildman–Crippen MR) is 128 cm³/mol.